The first-order valence-corrected chi connectivity index (χ1v) is 5.67. The molecule has 0 N–H and O–H groups in total. The quantitative estimate of drug-likeness (QED) is 0.751. The summed E-state index contributed by atoms with van der Waals surface area (Å²) in [5.74, 6) is 0.205. The molecule has 0 aliphatic rings. The molecule has 0 saturated heterocycles. The van der Waals surface area contributed by atoms with E-state index in [0.29, 0.717) is 5.88 Å². The van der Waals surface area contributed by atoms with Crippen LogP contribution in [0.5, 0.6) is 0 Å². The van der Waals surface area contributed by atoms with Gasteiger partial charge in [0.15, 0.2) is 0 Å². The summed E-state index contributed by atoms with van der Waals surface area (Å²) in [6.07, 6.45) is 2.61. The molecule has 0 unspecified atom stereocenters. The number of benzene rings is 1. The number of hydrogen-bond donors (Lipinski definition) is 0. The molecule has 84 valence electrons. The third-order valence-electron chi connectivity index (χ3n) is 2.51. The summed E-state index contributed by atoms with van der Waals surface area (Å²) in [6.45, 7) is 2.05. The van der Waals surface area contributed by atoms with Crippen molar-refractivity contribution in [1.29, 1.82) is 0 Å². The molecule has 4 heteroatoms. The fraction of sp³-hybridized carbons (Fsp3) is 0.250. The highest BCUT2D eigenvalue weighted by molar-refractivity contribution is 6.17. The lowest BCUT2D eigenvalue weighted by atomic mass is 10.2. The topological polar surface area (TPSA) is 17.8 Å². The van der Waals surface area contributed by atoms with E-state index >= 15 is 0 Å². The van der Waals surface area contributed by atoms with E-state index in [-0.39, 0.29) is 5.82 Å². The van der Waals surface area contributed by atoms with Crippen molar-refractivity contribution in [1.82, 2.24) is 9.78 Å². The van der Waals surface area contributed by atoms with Gasteiger partial charge in [-0.15, -0.1) is 11.6 Å². The van der Waals surface area contributed by atoms with E-state index in [2.05, 4.69) is 5.10 Å². The van der Waals surface area contributed by atoms with Crippen LogP contribution in [0.1, 0.15) is 18.2 Å². The zero-order valence-corrected chi connectivity index (χ0v) is 9.71. The second-order valence-electron chi connectivity index (χ2n) is 3.49. The van der Waals surface area contributed by atoms with Gasteiger partial charge >= 0.3 is 0 Å². The van der Waals surface area contributed by atoms with Crippen LogP contribution in [-0.4, -0.2) is 9.78 Å². The largest absolute Gasteiger partial charge is 0.238 e. The molecule has 2 rings (SSSR count). The summed E-state index contributed by atoms with van der Waals surface area (Å²) in [5.41, 5.74) is 2.95. The first-order chi connectivity index (χ1) is 7.76. The summed E-state index contributed by atoms with van der Waals surface area (Å²) in [4.78, 5) is 0. The average Bonchev–Trinajstić information content (AvgIpc) is 2.72. The van der Waals surface area contributed by atoms with Crippen molar-refractivity contribution in [3.05, 3.63) is 47.5 Å². The molecule has 2 aromatic rings. The molecule has 0 aliphatic carbocycles. The molecule has 0 fully saturated rings. The Labute approximate surface area is 98.7 Å². The molecule has 16 heavy (non-hydrogen) atoms. The van der Waals surface area contributed by atoms with Crippen LogP contribution >= 0.6 is 11.6 Å². The molecule has 0 spiro atoms. The van der Waals surface area contributed by atoms with Gasteiger partial charge in [0.1, 0.15) is 5.82 Å². The van der Waals surface area contributed by atoms with Crippen LogP contribution < -0.4 is 0 Å². The Morgan fingerprint density at radius 3 is 2.56 bits per heavy atom. The van der Waals surface area contributed by atoms with Crippen LogP contribution in [0.3, 0.4) is 0 Å². The predicted octanol–water partition coefficient (Wildman–Crippen LogP) is 3.31. The fourth-order valence-corrected chi connectivity index (χ4v) is 1.92. The average molecular weight is 239 g/mol. The van der Waals surface area contributed by atoms with Crippen LogP contribution in [0.25, 0.3) is 5.69 Å². The molecule has 0 amide bonds. The van der Waals surface area contributed by atoms with E-state index in [4.69, 9.17) is 11.6 Å². The lowest BCUT2D eigenvalue weighted by Gasteiger charge is -2.06. The van der Waals surface area contributed by atoms with Gasteiger partial charge in [0.2, 0.25) is 0 Å². The van der Waals surface area contributed by atoms with Crippen LogP contribution in [-0.2, 0) is 12.3 Å². The second-order valence-corrected chi connectivity index (χ2v) is 3.76. The van der Waals surface area contributed by atoms with Crippen LogP contribution in [0.15, 0.2) is 30.5 Å². The molecule has 0 saturated carbocycles. The van der Waals surface area contributed by atoms with E-state index in [1.807, 2.05) is 6.92 Å². The van der Waals surface area contributed by atoms with Crippen molar-refractivity contribution in [3.63, 3.8) is 0 Å². The van der Waals surface area contributed by atoms with E-state index in [0.717, 1.165) is 23.4 Å². The lowest BCUT2D eigenvalue weighted by Crippen LogP contribution is -2.02. The summed E-state index contributed by atoms with van der Waals surface area (Å²) in [5, 5.41) is 4.27. The maximum atomic E-state index is 12.8. The molecule has 1 heterocycles. The Hall–Kier alpha value is -1.35. The van der Waals surface area contributed by atoms with Gasteiger partial charge in [0, 0.05) is 11.3 Å². The number of alkyl halides is 1. The van der Waals surface area contributed by atoms with E-state index in [1.165, 1.54) is 12.1 Å². The van der Waals surface area contributed by atoms with Crippen molar-refractivity contribution in [2.24, 2.45) is 0 Å². The number of halogens is 2. The maximum absolute atomic E-state index is 12.8. The number of aromatic nitrogens is 2. The smallest absolute Gasteiger partial charge is 0.123 e. The highest BCUT2D eigenvalue weighted by Gasteiger charge is 2.09. The molecular formula is C12H12ClFN2. The van der Waals surface area contributed by atoms with Crippen LogP contribution in [0.2, 0.25) is 0 Å². The van der Waals surface area contributed by atoms with E-state index in [1.54, 1.807) is 23.0 Å². The summed E-state index contributed by atoms with van der Waals surface area (Å²) < 4.78 is 14.6. The minimum Gasteiger partial charge on any atom is -0.238 e. The lowest BCUT2D eigenvalue weighted by molar-refractivity contribution is 0.626. The molecule has 0 atom stereocenters. The highest BCUT2D eigenvalue weighted by atomic mass is 35.5. The Bertz CT molecular complexity index is 476. The summed E-state index contributed by atoms with van der Waals surface area (Å²) in [7, 11) is 0. The normalized spacial score (nSPS) is 10.7. The maximum Gasteiger partial charge on any atom is 0.123 e. The van der Waals surface area contributed by atoms with Gasteiger partial charge in [-0.05, 0) is 30.7 Å². The minimum atomic E-state index is -0.244. The Morgan fingerprint density at radius 1 is 1.31 bits per heavy atom. The van der Waals surface area contributed by atoms with Crippen LogP contribution in [0.4, 0.5) is 4.39 Å². The van der Waals surface area contributed by atoms with Crippen molar-refractivity contribution in [2.75, 3.05) is 0 Å². The van der Waals surface area contributed by atoms with Crippen molar-refractivity contribution >= 4 is 11.6 Å². The molecule has 2 nitrogen and oxygen atoms in total. The van der Waals surface area contributed by atoms with Crippen molar-refractivity contribution < 1.29 is 4.39 Å². The van der Waals surface area contributed by atoms with Crippen LogP contribution in [0, 0.1) is 5.82 Å². The highest BCUT2D eigenvalue weighted by Crippen LogP contribution is 2.17. The number of nitrogens with zero attached hydrogens (tertiary/aromatic N) is 2. The van der Waals surface area contributed by atoms with Crippen molar-refractivity contribution in [3.8, 4) is 5.69 Å². The zero-order chi connectivity index (χ0) is 11.5. The Morgan fingerprint density at radius 2 is 2.00 bits per heavy atom. The number of hydrogen-bond acceptors (Lipinski definition) is 1. The Balaban J connectivity index is 2.47. The van der Waals surface area contributed by atoms with E-state index in [9.17, 15) is 4.39 Å². The monoisotopic (exact) mass is 238 g/mol. The van der Waals surface area contributed by atoms with Crippen molar-refractivity contribution in [2.45, 2.75) is 19.2 Å². The SMILES string of the molecule is CCc1c(CCl)cnn1-c1ccc(F)cc1. The molecule has 1 aromatic heterocycles. The first kappa shape index (κ1) is 11.1. The molecule has 0 aliphatic heterocycles. The van der Waals surface area contributed by atoms with Gasteiger partial charge < -0.3 is 0 Å². The number of rotatable bonds is 3. The van der Waals surface area contributed by atoms with Gasteiger partial charge in [-0.25, -0.2) is 9.07 Å². The van der Waals surface area contributed by atoms with Gasteiger partial charge in [0.25, 0.3) is 0 Å². The molecule has 0 bridgehead atoms. The van der Waals surface area contributed by atoms with Gasteiger partial charge in [-0.1, -0.05) is 6.92 Å². The zero-order valence-electron chi connectivity index (χ0n) is 8.95. The molecule has 1 aromatic carbocycles. The van der Waals surface area contributed by atoms with Gasteiger partial charge in [-0.2, -0.15) is 5.10 Å². The first-order valence-electron chi connectivity index (χ1n) is 5.14. The molecule has 0 radical (unpaired) electrons. The predicted molar refractivity (Wildman–Crippen MR) is 62.5 cm³/mol. The third-order valence-corrected chi connectivity index (χ3v) is 2.79. The summed E-state index contributed by atoms with van der Waals surface area (Å²) in [6, 6.07) is 6.27. The van der Waals surface area contributed by atoms with E-state index < -0.39 is 0 Å². The summed E-state index contributed by atoms with van der Waals surface area (Å²) >= 11 is 5.82. The molecular weight excluding hydrogens is 227 g/mol. The standard InChI is InChI=1S/C12H12ClFN2/c1-2-12-9(7-13)8-15-16(12)11-5-3-10(14)4-6-11/h3-6,8H,2,7H2,1H3. The fourth-order valence-electron chi connectivity index (χ4n) is 1.70. The van der Waals surface area contributed by atoms with Gasteiger partial charge in [0.05, 0.1) is 17.8 Å². The third kappa shape index (κ3) is 1.95. The Kier molecular flexibility index (Phi) is 3.25. The second kappa shape index (κ2) is 4.66. The van der Waals surface area contributed by atoms with Gasteiger partial charge in [-0.3, -0.25) is 0 Å². The minimum absolute atomic E-state index is 0.244.